The fourth-order valence-electron chi connectivity index (χ4n) is 3.52. The third-order valence-electron chi connectivity index (χ3n) is 4.93. The van der Waals surface area contributed by atoms with Crippen molar-refractivity contribution >= 4 is 0 Å². The first kappa shape index (κ1) is 13.2. The fourth-order valence-corrected chi connectivity index (χ4v) is 3.52. The van der Waals surface area contributed by atoms with E-state index < -0.39 is 0 Å². The molecule has 2 heteroatoms. The quantitative estimate of drug-likeness (QED) is 0.865. The van der Waals surface area contributed by atoms with Gasteiger partial charge in [-0.2, -0.15) is 0 Å². The van der Waals surface area contributed by atoms with Crippen LogP contribution in [-0.2, 0) is 6.54 Å². The molecule has 0 aliphatic heterocycles. The largest absolute Gasteiger partial charge is 0.464 e. The van der Waals surface area contributed by atoms with E-state index in [0.717, 1.165) is 18.2 Å². The van der Waals surface area contributed by atoms with Gasteiger partial charge in [-0.05, 0) is 49.1 Å². The molecule has 106 valence electrons. The summed E-state index contributed by atoms with van der Waals surface area (Å²) in [6.45, 7) is 7.97. The first-order chi connectivity index (χ1) is 9.03. The van der Waals surface area contributed by atoms with Gasteiger partial charge in [-0.25, -0.2) is 0 Å². The van der Waals surface area contributed by atoms with Gasteiger partial charge in [0.15, 0.2) is 0 Å². The molecule has 2 aliphatic rings. The Hall–Kier alpha value is -0.760. The summed E-state index contributed by atoms with van der Waals surface area (Å²) in [5.74, 6) is 3.83. The molecule has 0 amide bonds. The van der Waals surface area contributed by atoms with Crippen molar-refractivity contribution in [1.29, 1.82) is 0 Å². The van der Waals surface area contributed by atoms with Gasteiger partial charge in [0.05, 0.1) is 6.54 Å². The smallest absolute Gasteiger partial charge is 0.117 e. The summed E-state index contributed by atoms with van der Waals surface area (Å²) >= 11 is 0. The van der Waals surface area contributed by atoms with Gasteiger partial charge in [0.25, 0.3) is 0 Å². The van der Waals surface area contributed by atoms with Gasteiger partial charge in [0.2, 0.25) is 0 Å². The summed E-state index contributed by atoms with van der Waals surface area (Å²) in [5.41, 5.74) is 0.508. The topological polar surface area (TPSA) is 25.2 Å². The fraction of sp³-hybridized carbons (Fsp3) is 0.765. The van der Waals surface area contributed by atoms with Gasteiger partial charge >= 0.3 is 0 Å². The van der Waals surface area contributed by atoms with Crippen LogP contribution in [0.1, 0.15) is 70.3 Å². The Bertz CT molecular complexity index is 434. The van der Waals surface area contributed by atoms with E-state index in [1.54, 1.807) is 0 Å². The molecule has 0 saturated heterocycles. The van der Waals surface area contributed by atoms with Crippen molar-refractivity contribution in [3.05, 3.63) is 23.7 Å². The maximum Gasteiger partial charge on any atom is 0.117 e. The monoisotopic (exact) mass is 261 g/mol. The summed E-state index contributed by atoms with van der Waals surface area (Å²) < 4.78 is 5.96. The van der Waals surface area contributed by atoms with E-state index in [9.17, 15) is 0 Å². The maximum absolute atomic E-state index is 5.96. The standard InChI is InChI=1S/C17H27NO/c1-12-9-15(12)16-7-6-14(19-16)11-18-13-5-4-8-17(2,3)10-13/h6-7,12-13,15,18H,4-5,8-11H2,1-3H3. The SMILES string of the molecule is CC1CC1c1ccc(CNC2CCCC(C)(C)C2)o1. The molecule has 3 atom stereocenters. The van der Waals surface area contributed by atoms with E-state index in [2.05, 4.69) is 38.2 Å². The predicted octanol–water partition coefficient (Wildman–Crippen LogP) is 4.46. The molecule has 3 unspecified atom stereocenters. The van der Waals surface area contributed by atoms with Gasteiger partial charge in [0.1, 0.15) is 11.5 Å². The van der Waals surface area contributed by atoms with E-state index in [0.29, 0.717) is 17.4 Å². The molecule has 1 aromatic heterocycles. The Morgan fingerprint density at radius 2 is 2.16 bits per heavy atom. The third-order valence-corrected chi connectivity index (χ3v) is 4.93. The summed E-state index contributed by atoms with van der Waals surface area (Å²) in [6.07, 6.45) is 6.64. The Labute approximate surface area is 117 Å². The predicted molar refractivity (Wildman–Crippen MR) is 78.1 cm³/mol. The lowest BCUT2D eigenvalue weighted by molar-refractivity contribution is 0.195. The Kier molecular flexibility index (Phi) is 3.46. The van der Waals surface area contributed by atoms with Gasteiger partial charge < -0.3 is 9.73 Å². The molecular formula is C17H27NO. The highest BCUT2D eigenvalue weighted by atomic mass is 16.3. The van der Waals surface area contributed by atoms with Crippen molar-refractivity contribution in [3.63, 3.8) is 0 Å². The van der Waals surface area contributed by atoms with Crippen molar-refractivity contribution in [1.82, 2.24) is 5.32 Å². The molecule has 0 radical (unpaired) electrons. The minimum absolute atomic E-state index is 0.508. The number of hydrogen-bond acceptors (Lipinski definition) is 2. The lowest BCUT2D eigenvalue weighted by atomic mass is 9.75. The molecular weight excluding hydrogens is 234 g/mol. The van der Waals surface area contributed by atoms with E-state index >= 15 is 0 Å². The van der Waals surface area contributed by atoms with Crippen LogP contribution >= 0.6 is 0 Å². The van der Waals surface area contributed by atoms with Crippen LogP contribution < -0.4 is 5.32 Å². The van der Waals surface area contributed by atoms with Gasteiger partial charge in [0, 0.05) is 12.0 Å². The van der Waals surface area contributed by atoms with E-state index in [1.807, 2.05) is 0 Å². The maximum atomic E-state index is 5.96. The number of hydrogen-bond donors (Lipinski definition) is 1. The molecule has 2 nitrogen and oxygen atoms in total. The van der Waals surface area contributed by atoms with Crippen LogP contribution in [0.2, 0.25) is 0 Å². The minimum Gasteiger partial charge on any atom is -0.464 e. The van der Waals surface area contributed by atoms with Crippen LogP contribution in [0.5, 0.6) is 0 Å². The second-order valence-corrected chi connectivity index (χ2v) is 7.46. The van der Waals surface area contributed by atoms with Crippen molar-refractivity contribution in [3.8, 4) is 0 Å². The zero-order valence-corrected chi connectivity index (χ0v) is 12.5. The first-order valence-electron chi connectivity index (χ1n) is 7.85. The summed E-state index contributed by atoms with van der Waals surface area (Å²) in [5, 5.41) is 3.68. The molecule has 1 aromatic rings. The number of nitrogens with one attached hydrogen (secondary N) is 1. The van der Waals surface area contributed by atoms with Crippen LogP contribution in [0, 0.1) is 11.3 Å². The van der Waals surface area contributed by atoms with Crippen LogP contribution in [0.15, 0.2) is 16.5 Å². The van der Waals surface area contributed by atoms with Crippen LogP contribution in [0.25, 0.3) is 0 Å². The van der Waals surface area contributed by atoms with Gasteiger partial charge in [-0.15, -0.1) is 0 Å². The van der Waals surface area contributed by atoms with Crippen molar-refractivity contribution in [2.24, 2.45) is 11.3 Å². The average molecular weight is 261 g/mol. The minimum atomic E-state index is 0.508. The Morgan fingerprint density at radius 3 is 2.84 bits per heavy atom. The average Bonchev–Trinajstić information content (AvgIpc) is 2.90. The number of rotatable bonds is 4. The van der Waals surface area contributed by atoms with Crippen LogP contribution in [0.3, 0.4) is 0 Å². The lowest BCUT2D eigenvalue weighted by Crippen LogP contribution is -2.36. The van der Waals surface area contributed by atoms with Crippen LogP contribution in [0.4, 0.5) is 0 Å². The molecule has 2 fully saturated rings. The molecule has 1 N–H and O–H groups in total. The van der Waals surface area contributed by atoms with Crippen molar-refractivity contribution in [2.45, 2.75) is 71.4 Å². The molecule has 0 aromatic carbocycles. The summed E-state index contributed by atoms with van der Waals surface area (Å²) in [7, 11) is 0. The Balaban J connectivity index is 1.50. The zero-order valence-electron chi connectivity index (χ0n) is 12.5. The molecule has 1 heterocycles. The molecule has 2 aliphatic carbocycles. The van der Waals surface area contributed by atoms with E-state index in [-0.39, 0.29) is 0 Å². The van der Waals surface area contributed by atoms with E-state index in [1.165, 1.54) is 37.9 Å². The van der Waals surface area contributed by atoms with Gasteiger partial charge in [-0.1, -0.05) is 27.2 Å². The normalized spacial score (nSPS) is 33.3. The number of furan rings is 1. The lowest BCUT2D eigenvalue weighted by Gasteiger charge is -2.35. The highest BCUT2D eigenvalue weighted by molar-refractivity contribution is 5.17. The molecule has 0 spiro atoms. The second-order valence-electron chi connectivity index (χ2n) is 7.46. The highest BCUT2D eigenvalue weighted by Crippen LogP contribution is 2.47. The molecule has 3 rings (SSSR count). The summed E-state index contributed by atoms with van der Waals surface area (Å²) in [4.78, 5) is 0. The van der Waals surface area contributed by atoms with Gasteiger partial charge in [-0.3, -0.25) is 0 Å². The Morgan fingerprint density at radius 1 is 1.37 bits per heavy atom. The van der Waals surface area contributed by atoms with E-state index in [4.69, 9.17) is 4.42 Å². The second kappa shape index (κ2) is 4.97. The summed E-state index contributed by atoms with van der Waals surface area (Å²) in [6, 6.07) is 4.99. The zero-order chi connectivity index (χ0) is 13.5. The highest BCUT2D eigenvalue weighted by Gasteiger charge is 2.36. The van der Waals surface area contributed by atoms with Crippen molar-refractivity contribution < 1.29 is 4.42 Å². The van der Waals surface area contributed by atoms with Crippen molar-refractivity contribution in [2.75, 3.05) is 0 Å². The third kappa shape index (κ3) is 3.22. The molecule has 0 bridgehead atoms. The first-order valence-corrected chi connectivity index (χ1v) is 7.85. The molecule has 2 saturated carbocycles. The van der Waals surface area contributed by atoms with Crippen LogP contribution in [-0.4, -0.2) is 6.04 Å². The molecule has 19 heavy (non-hydrogen) atoms.